The number of carbonyl (C=O) groups is 1. The number of hydrogen-bond acceptors (Lipinski definition) is 6. The first-order chi connectivity index (χ1) is 15.7. The van der Waals surface area contributed by atoms with Crippen LogP contribution < -0.4 is 4.74 Å². The van der Waals surface area contributed by atoms with Gasteiger partial charge in [0, 0.05) is 44.9 Å². The molecule has 1 N–H and O–H groups in total. The van der Waals surface area contributed by atoms with Crippen LogP contribution in [-0.2, 0) is 0 Å². The van der Waals surface area contributed by atoms with Crippen LogP contribution in [0.25, 0.3) is 20.5 Å². The molecule has 0 atom stereocenters. The van der Waals surface area contributed by atoms with E-state index in [0.29, 0.717) is 23.6 Å². The minimum Gasteiger partial charge on any atom is -0.508 e. The van der Waals surface area contributed by atoms with Gasteiger partial charge in [0.2, 0.25) is 5.88 Å². The van der Waals surface area contributed by atoms with Gasteiger partial charge in [0.05, 0.1) is 0 Å². The molecule has 0 radical (unpaired) electrons. The maximum absolute atomic E-state index is 13.6. The summed E-state index contributed by atoms with van der Waals surface area (Å²) in [5, 5.41) is 10.6. The molecule has 0 saturated carbocycles. The average molecular weight is 445 g/mol. The highest BCUT2D eigenvalue weighted by Gasteiger charge is 2.22. The summed E-state index contributed by atoms with van der Waals surface area (Å²) in [4.78, 5) is 21.2. The van der Waals surface area contributed by atoms with Crippen LogP contribution in [-0.4, -0.2) is 47.0 Å². The van der Waals surface area contributed by atoms with Crippen molar-refractivity contribution >= 4 is 27.2 Å². The van der Waals surface area contributed by atoms with Crippen LogP contribution in [0, 0.1) is 0 Å². The molecule has 1 saturated heterocycles. The first-order valence-corrected chi connectivity index (χ1v) is 11.7. The summed E-state index contributed by atoms with van der Waals surface area (Å²) in [5.41, 5.74) is 2.10. The number of ether oxygens (including phenoxy) is 1. The van der Waals surface area contributed by atoms with Gasteiger partial charge in [0.15, 0.2) is 5.78 Å². The molecule has 0 aliphatic carbocycles. The highest BCUT2D eigenvalue weighted by Crippen LogP contribution is 2.40. The molecule has 162 valence electrons. The smallest absolute Gasteiger partial charge is 0.213 e. The van der Waals surface area contributed by atoms with Crippen LogP contribution in [0.1, 0.15) is 28.8 Å². The highest BCUT2D eigenvalue weighted by molar-refractivity contribution is 7.22. The number of rotatable bonds is 7. The van der Waals surface area contributed by atoms with Crippen molar-refractivity contribution in [1.82, 2.24) is 9.88 Å². The van der Waals surface area contributed by atoms with Crippen LogP contribution in [0.5, 0.6) is 11.6 Å². The first-order valence-electron chi connectivity index (χ1n) is 10.9. The van der Waals surface area contributed by atoms with E-state index >= 15 is 0 Å². The molecular weight excluding hydrogens is 420 g/mol. The molecule has 0 bridgehead atoms. The molecule has 5 nitrogen and oxygen atoms in total. The van der Waals surface area contributed by atoms with Gasteiger partial charge >= 0.3 is 0 Å². The van der Waals surface area contributed by atoms with Gasteiger partial charge in [-0.1, -0.05) is 18.2 Å². The number of hydrogen-bond donors (Lipinski definition) is 1. The lowest BCUT2D eigenvalue weighted by molar-refractivity contribution is 0.104. The third kappa shape index (κ3) is 4.24. The maximum Gasteiger partial charge on any atom is 0.213 e. The molecule has 1 fully saturated rings. The number of aromatic hydroxyl groups is 1. The minimum absolute atomic E-state index is 0.0679. The molecule has 3 heterocycles. The number of pyridine rings is 1. The topological polar surface area (TPSA) is 62.7 Å². The fourth-order valence-electron chi connectivity index (χ4n) is 4.12. The Kier molecular flexibility index (Phi) is 5.88. The molecular formula is C26H24N2O3S. The molecule has 0 spiro atoms. The average Bonchev–Trinajstić information content (AvgIpc) is 3.47. The molecule has 2 aromatic carbocycles. The van der Waals surface area contributed by atoms with E-state index in [2.05, 4.69) is 9.88 Å². The zero-order valence-corrected chi connectivity index (χ0v) is 18.5. The van der Waals surface area contributed by atoms with Crippen molar-refractivity contribution < 1.29 is 14.6 Å². The predicted octanol–water partition coefficient (Wildman–Crippen LogP) is 5.37. The van der Waals surface area contributed by atoms with Crippen molar-refractivity contribution in [3.05, 3.63) is 78.0 Å². The number of phenolic OH excluding ortho intramolecular Hbond substituents is 1. The zero-order chi connectivity index (χ0) is 21.9. The molecule has 6 heteroatoms. The van der Waals surface area contributed by atoms with E-state index in [0.717, 1.165) is 40.2 Å². The number of fused-ring (bicyclic) bond motifs is 1. The van der Waals surface area contributed by atoms with Crippen molar-refractivity contribution in [1.29, 1.82) is 0 Å². The summed E-state index contributed by atoms with van der Waals surface area (Å²) < 4.78 is 6.83. The third-order valence-corrected chi connectivity index (χ3v) is 7.03. The van der Waals surface area contributed by atoms with Crippen molar-refractivity contribution in [2.24, 2.45) is 0 Å². The van der Waals surface area contributed by atoms with Crippen LogP contribution in [0.2, 0.25) is 0 Å². The number of aromatic nitrogens is 1. The number of carbonyl (C=O) groups excluding carboxylic acids is 1. The Hall–Kier alpha value is -3.22. The van der Waals surface area contributed by atoms with Crippen molar-refractivity contribution in [3.63, 3.8) is 0 Å². The molecule has 5 rings (SSSR count). The normalized spacial score (nSPS) is 14.1. The van der Waals surface area contributed by atoms with Crippen LogP contribution in [0.3, 0.4) is 0 Å². The molecule has 0 amide bonds. The monoisotopic (exact) mass is 444 g/mol. The molecule has 32 heavy (non-hydrogen) atoms. The SMILES string of the molecule is O=C(c1ccc(OCCN2CCCC2)nc1)c1c(-c2ccc(O)cc2)sc2ccccc12. The summed E-state index contributed by atoms with van der Waals surface area (Å²) in [6.45, 7) is 3.78. The lowest BCUT2D eigenvalue weighted by atomic mass is 9.98. The molecule has 0 unspecified atom stereocenters. The van der Waals surface area contributed by atoms with Crippen molar-refractivity contribution in [2.75, 3.05) is 26.2 Å². The first kappa shape index (κ1) is 20.7. The molecule has 1 aliphatic rings. The summed E-state index contributed by atoms with van der Waals surface area (Å²) in [7, 11) is 0. The third-order valence-electron chi connectivity index (χ3n) is 5.81. The Morgan fingerprint density at radius 3 is 2.56 bits per heavy atom. The summed E-state index contributed by atoms with van der Waals surface area (Å²) in [5.74, 6) is 0.670. The maximum atomic E-state index is 13.6. The lowest BCUT2D eigenvalue weighted by Gasteiger charge is -2.14. The van der Waals surface area contributed by atoms with Crippen LogP contribution in [0.15, 0.2) is 66.9 Å². The minimum atomic E-state index is -0.0679. The lowest BCUT2D eigenvalue weighted by Crippen LogP contribution is -2.25. The Labute approximate surface area is 190 Å². The van der Waals surface area contributed by atoms with Crippen LogP contribution >= 0.6 is 11.3 Å². The van der Waals surface area contributed by atoms with Crippen molar-refractivity contribution in [3.8, 4) is 22.1 Å². The van der Waals surface area contributed by atoms with E-state index in [1.54, 1.807) is 41.8 Å². The van der Waals surface area contributed by atoms with Gasteiger partial charge in [-0.15, -0.1) is 11.3 Å². The number of benzene rings is 2. The fourth-order valence-corrected chi connectivity index (χ4v) is 5.32. The fraction of sp³-hybridized carbons (Fsp3) is 0.231. The summed E-state index contributed by atoms with van der Waals surface area (Å²) in [6.07, 6.45) is 4.12. The van der Waals surface area contributed by atoms with Gasteiger partial charge in [-0.25, -0.2) is 4.98 Å². The Balaban J connectivity index is 1.40. The quantitative estimate of drug-likeness (QED) is 0.388. The number of thiophene rings is 1. The summed E-state index contributed by atoms with van der Waals surface area (Å²) in [6, 6.07) is 18.4. The van der Waals surface area contributed by atoms with Gasteiger partial charge in [0.25, 0.3) is 0 Å². The number of phenols is 1. The Morgan fingerprint density at radius 1 is 1.03 bits per heavy atom. The van der Waals surface area contributed by atoms with E-state index in [4.69, 9.17) is 4.74 Å². The second kappa shape index (κ2) is 9.10. The Morgan fingerprint density at radius 2 is 1.81 bits per heavy atom. The predicted molar refractivity (Wildman–Crippen MR) is 128 cm³/mol. The molecule has 1 aliphatic heterocycles. The van der Waals surface area contributed by atoms with E-state index < -0.39 is 0 Å². The molecule has 4 aromatic rings. The summed E-state index contributed by atoms with van der Waals surface area (Å²) >= 11 is 1.58. The van der Waals surface area contributed by atoms with Gasteiger partial charge in [-0.05, 0) is 67.9 Å². The highest BCUT2D eigenvalue weighted by atomic mass is 32.1. The standard InChI is InChI=1S/C26H24N2O3S/c29-20-10-7-18(8-11-20)26-24(21-5-1-2-6-22(21)32-26)25(30)19-9-12-23(27-17-19)31-16-15-28-13-3-4-14-28/h1-2,5-12,17,29H,3-4,13-16H2. The van der Waals surface area contributed by atoms with E-state index in [1.165, 1.54) is 12.8 Å². The Bertz CT molecular complexity index is 1230. The zero-order valence-electron chi connectivity index (χ0n) is 17.7. The van der Waals surface area contributed by atoms with Gasteiger partial charge in [0.1, 0.15) is 12.4 Å². The molecule has 2 aromatic heterocycles. The number of likely N-dealkylation sites (tertiary alicyclic amines) is 1. The van der Waals surface area contributed by atoms with Gasteiger partial charge in [-0.2, -0.15) is 0 Å². The second-order valence-corrected chi connectivity index (χ2v) is 9.01. The van der Waals surface area contributed by atoms with E-state index in [9.17, 15) is 9.90 Å². The number of ketones is 1. The van der Waals surface area contributed by atoms with E-state index in [1.807, 2.05) is 36.4 Å². The van der Waals surface area contributed by atoms with Gasteiger partial charge < -0.3 is 9.84 Å². The number of nitrogens with zero attached hydrogens (tertiary/aromatic N) is 2. The van der Waals surface area contributed by atoms with E-state index in [-0.39, 0.29) is 11.5 Å². The van der Waals surface area contributed by atoms with Gasteiger partial charge in [-0.3, -0.25) is 9.69 Å². The second-order valence-electron chi connectivity index (χ2n) is 7.96. The largest absolute Gasteiger partial charge is 0.508 e. The van der Waals surface area contributed by atoms with Crippen LogP contribution in [0.4, 0.5) is 0 Å². The van der Waals surface area contributed by atoms with Crippen molar-refractivity contribution in [2.45, 2.75) is 12.8 Å².